The molecule has 2 fully saturated rings. The van der Waals surface area contributed by atoms with Gasteiger partial charge in [-0.1, -0.05) is 36.4 Å². The molecule has 0 bridgehead atoms. The number of likely N-dealkylation sites (N-methyl/N-ethyl adjacent to an activating group) is 1. The first-order chi connectivity index (χ1) is 24.3. The Bertz CT molecular complexity index is 1670. The number of primary amides is 1. The van der Waals surface area contributed by atoms with E-state index in [1.165, 1.54) is 4.68 Å². The van der Waals surface area contributed by atoms with Crippen molar-refractivity contribution in [2.75, 3.05) is 39.8 Å². The Balaban J connectivity index is 1.19. The number of aliphatic hydroxyl groups excluding tert-OH is 4. The van der Waals surface area contributed by atoms with Crippen molar-refractivity contribution in [1.29, 1.82) is 0 Å². The summed E-state index contributed by atoms with van der Waals surface area (Å²) in [5.41, 5.74) is 8.06. The van der Waals surface area contributed by atoms with Gasteiger partial charge in [0.2, 0.25) is 29.9 Å². The Hall–Kier alpha value is -4.12. The summed E-state index contributed by atoms with van der Waals surface area (Å²) in [6.07, 6.45) is -4.57. The van der Waals surface area contributed by atoms with Crippen LogP contribution in [0.5, 0.6) is 5.88 Å². The average molecular weight is 711 g/mol. The molecule has 0 aliphatic carbocycles. The Morgan fingerprint density at radius 1 is 0.961 bits per heavy atom. The van der Waals surface area contributed by atoms with Crippen LogP contribution in [0.25, 0.3) is 10.9 Å². The molecule has 15 heteroatoms. The molecule has 2 aromatic carbocycles. The number of piperazine rings is 1. The van der Waals surface area contributed by atoms with Crippen LogP contribution >= 0.6 is 0 Å². The van der Waals surface area contributed by atoms with Crippen molar-refractivity contribution in [3.05, 3.63) is 59.2 Å². The third-order valence-corrected chi connectivity index (χ3v) is 9.57. The fourth-order valence-corrected chi connectivity index (χ4v) is 6.57. The predicted molar refractivity (Wildman–Crippen MR) is 186 cm³/mol. The molecule has 1 aromatic heterocycles. The molecule has 0 spiro atoms. The number of amides is 3. The number of aryl methyl sites for hydroxylation is 3. The molecule has 0 radical (unpaired) electrons. The molecule has 5 rings (SSSR count). The number of fused-ring (bicyclic) bond motifs is 1. The van der Waals surface area contributed by atoms with Crippen molar-refractivity contribution in [3.8, 4) is 5.88 Å². The zero-order chi connectivity index (χ0) is 36.9. The summed E-state index contributed by atoms with van der Waals surface area (Å²) in [6.45, 7) is 5.62. The largest absolute Gasteiger partial charge is 0.443 e. The fourth-order valence-electron chi connectivity index (χ4n) is 6.57. The van der Waals surface area contributed by atoms with Gasteiger partial charge in [-0.2, -0.15) is 0 Å². The Morgan fingerprint density at radius 3 is 2.27 bits per heavy atom. The van der Waals surface area contributed by atoms with E-state index >= 15 is 0 Å². The molecule has 0 saturated carbocycles. The van der Waals surface area contributed by atoms with Gasteiger partial charge in [0.05, 0.1) is 17.5 Å². The van der Waals surface area contributed by atoms with Gasteiger partial charge in [0.1, 0.15) is 36.5 Å². The van der Waals surface area contributed by atoms with Crippen molar-refractivity contribution < 1.29 is 44.3 Å². The lowest BCUT2D eigenvalue weighted by Crippen LogP contribution is -2.60. The summed E-state index contributed by atoms with van der Waals surface area (Å²) in [5, 5.41) is 48.5. The number of aliphatic hydroxyl groups is 4. The highest BCUT2D eigenvalue weighted by molar-refractivity contribution is 5.91. The summed E-state index contributed by atoms with van der Waals surface area (Å²) in [5.74, 6) is -0.794. The normalized spacial score (nSPS) is 23.0. The van der Waals surface area contributed by atoms with Crippen LogP contribution in [0.1, 0.15) is 43.4 Å². The Morgan fingerprint density at radius 2 is 1.63 bits per heavy atom. The van der Waals surface area contributed by atoms with Crippen LogP contribution in [0.15, 0.2) is 42.5 Å². The maximum Gasteiger partial charge on any atom is 0.247 e. The van der Waals surface area contributed by atoms with Gasteiger partial charge < -0.3 is 50.8 Å². The predicted octanol–water partition coefficient (Wildman–Crippen LogP) is -0.523. The highest BCUT2D eigenvalue weighted by atomic mass is 16.7. The summed E-state index contributed by atoms with van der Waals surface area (Å²) in [4.78, 5) is 41.6. The molecule has 5 atom stereocenters. The van der Waals surface area contributed by atoms with Crippen molar-refractivity contribution >= 4 is 28.6 Å². The number of hydrogen-bond donors (Lipinski definition) is 6. The Labute approximate surface area is 296 Å². The maximum atomic E-state index is 13.0. The Kier molecular flexibility index (Phi) is 12.3. The number of ether oxygens (including phenoxy) is 2. The zero-order valence-corrected chi connectivity index (χ0v) is 29.4. The van der Waals surface area contributed by atoms with E-state index in [2.05, 4.69) is 15.3 Å². The number of carbonyl (C=O) groups excluding carboxylic acids is 3. The lowest BCUT2D eigenvalue weighted by atomic mass is 9.99. The highest BCUT2D eigenvalue weighted by Gasteiger charge is 2.45. The van der Waals surface area contributed by atoms with Crippen LogP contribution in [0.2, 0.25) is 0 Å². The number of benzene rings is 2. The minimum Gasteiger partial charge on any atom is -0.443 e. The SMILES string of the molecule is CN1CCN(C(=O)C(C)(C)NC(=O)CCCc2ccc(CCc3cccc4c3c(O[C@@H]3O[C@H](CO)[C@@H](O)[C@H](O)[C@H]3O)nn4CC(N)=O)cc2)CC1. The first-order valence-corrected chi connectivity index (χ1v) is 17.4. The number of nitrogens with one attached hydrogen (secondary N) is 1. The van der Waals surface area contributed by atoms with Crippen molar-refractivity contribution in [2.45, 2.75) is 88.7 Å². The fraction of sp³-hybridized carbons (Fsp3) is 0.556. The molecular formula is C36H50N6O9. The highest BCUT2D eigenvalue weighted by Crippen LogP contribution is 2.33. The van der Waals surface area contributed by atoms with Gasteiger partial charge in [0.25, 0.3) is 0 Å². The monoisotopic (exact) mass is 710 g/mol. The van der Waals surface area contributed by atoms with Crippen LogP contribution in [0.4, 0.5) is 0 Å². The summed E-state index contributed by atoms with van der Waals surface area (Å²) in [6, 6.07) is 13.6. The molecule has 0 unspecified atom stereocenters. The van der Waals surface area contributed by atoms with E-state index in [0.29, 0.717) is 56.1 Å². The van der Waals surface area contributed by atoms with Gasteiger partial charge in [-0.25, -0.2) is 0 Å². The minimum atomic E-state index is -1.64. The van der Waals surface area contributed by atoms with Crippen molar-refractivity contribution in [3.63, 3.8) is 0 Å². The molecule has 3 heterocycles. The molecule has 51 heavy (non-hydrogen) atoms. The van der Waals surface area contributed by atoms with Crippen LogP contribution in [0.3, 0.4) is 0 Å². The van der Waals surface area contributed by atoms with E-state index in [-0.39, 0.29) is 24.2 Å². The van der Waals surface area contributed by atoms with Gasteiger partial charge in [0, 0.05) is 32.6 Å². The van der Waals surface area contributed by atoms with Gasteiger partial charge in [-0.15, -0.1) is 5.10 Å². The van der Waals surface area contributed by atoms with Gasteiger partial charge in [-0.3, -0.25) is 19.1 Å². The number of nitrogens with two attached hydrogens (primary N) is 1. The maximum absolute atomic E-state index is 13.0. The molecule has 7 N–H and O–H groups in total. The molecule has 2 aliphatic rings. The topological polar surface area (TPSA) is 213 Å². The van der Waals surface area contributed by atoms with Gasteiger partial charge in [-0.05, 0) is 69.3 Å². The average Bonchev–Trinajstić information content (AvgIpc) is 3.44. The smallest absolute Gasteiger partial charge is 0.247 e. The molecule has 3 aromatic rings. The lowest BCUT2D eigenvalue weighted by Gasteiger charge is -2.39. The van der Waals surface area contributed by atoms with Crippen LogP contribution in [-0.4, -0.2) is 134 Å². The first kappa shape index (κ1) is 38.1. The number of carbonyl (C=O) groups is 3. The van der Waals surface area contributed by atoms with Gasteiger partial charge >= 0.3 is 0 Å². The molecular weight excluding hydrogens is 660 g/mol. The van der Waals surface area contributed by atoms with E-state index in [1.807, 2.05) is 48.3 Å². The van der Waals surface area contributed by atoms with E-state index in [9.17, 15) is 34.8 Å². The number of nitrogens with zero attached hydrogens (tertiary/aromatic N) is 4. The second-order valence-corrected chi connectivity index (χ2v) is 14.0. The number of hydrogen-bond acceptors (Lipinski definition) is 11. The molecule has 2 saturated heterocycles. The van der Waals surface area contributed by atoms with Crippen LogP contribution < -0.4 is 15.8 Å². The van der Waals surface area contributed by atoms with Crippen LogP contribution in [0, 0.1) is 0 Å². The van der Waals surface area contributed by atoms with E-state index in [4.69, 9.17) is 15.2 Å². The zero-order valence-electron chi connectivity index (χ0n) is 29.4. The van der Waals surface area contributed by atoms with Crippen molar-refractivity contribution in [1.82, 2.24) is 24.9 Å². The second kappa shape index (κ2) is 16.5. The quantitative estimate of drug-likeness (QED) is 0.125. The first-order valence-electron chi connectivity index (χ1n) is 17.4. The number of aromatic nitrogens is 2. The van der Waals surface area contributed by atoms with E-state index in [0.717, 1.165) is 29.8 Å². The summed E-state index contributed by atoms with van der Waals surface area (Å²) >= 11 is 0. The molecule has 3 amide bonds. The lowest BCUT2D eigenvalue weighted by molar-refractivity contribution is -0.278. The van der Waals surface area contributed by atoms with Gasteiger partial charge in [0.15, 0.2) is 0 Å². The standard InChI is InChI=1S/C36H50N6O9/c1-36(2,35(49)41-18-16-40(3)17-19-41)38-28(45)9-4-6-22-10-12-23(13-11-22)14-15-24-7-5-8-25-29(24)33(39-42(25)20-27(37)44)51-34-32(48)31(47)30(46)26(21-43)50-34/h5,7-8,10-13,26,30-32,34,43,46-48H,4,6,9,14-21H2,1-3H3,(H2,37,44)(H,38,45)/t26-,30-,31+,32-,34+/m1/s1. The molecule has 278 valence electrons. The van der Waals surface area contributed by atoms with Crippen LogP contribution in [-0.2, 0) is 44.9 Å². The number of rotatable bonds is 14. The molecule has 2 aliphatic heterocycles. The third-order valence-electron chi connectivity index (χ3n) is 9.57. The molecule has 15 nitrogen and oxygen atoms in total. The summed E-state index contributed by atoms with van der Waals surface area (Å²) in [7, 11) is 2.03. The van der Waals surface area contributed by atoms with E-state index < -0.39 is 48.8 Å². The summed E-state index contributed by atoms with van der Waals surface area (Å²) < 4.78 is 12.9. The minimum absolute atomic E-state index is 0.0395. The van der Waals surface area contributed by atoms with E-state index in [1.54, 1.807) is 19.9 Å². The third kappa shape index (κ3) is 9.22. The van der Waals surface area contributed by atoms with Crippen molar-refractivity contribution in [2.24, 2.45) is 5.73 Å². The second-order valence-electron chi connectivity index (χ2n) is 14.0.